The summed E-state index contributed by atoms with van der Waals surface area (Å²) in [6, 6.07) is 8.47. The number of aromatic nitrogens is 1. The van der Waals surface area contributed by atoms with Crippen LogP contribution in [0.15, 0.2) is 29.6 Å². The van der Waals surface area contributed by atoms with Gasteiger partial charge in [0.15, 0.2) is 0 Å². The molecule has 0 spiro atoms. The molecule has 1 aromatic heterocycles. The van der Waals surface area contributed by atoms with Gasteiger partial charge in [-0.3, -0.25) is 4.90 Å². The molecule has 5 heteroatoms. The molecule has 3 nitrogen and oxygen atoms in total. The van der Waals surface area contributed by atoms with Gasteiger partial charge in [0.25, 0.3) is 0 Å². The lowest BCUT2D eigenvalue weighted by Gasteiger charge is -2.16. The van der Waals surface area contributed by atoms with Gasteiger partial charge in [-0.15, -0.1) is 11.3 Å². The van der Waals surface area contributed by atoms with Gasteiger partial charge >= 0.3 is 0 Å². The molecule has 0 fully saturated rings. The number of hydrogen-bond donors (Lipinski definition) is 1. The van der Waals surface area contributed by atoms with Crippen LogP contribution in [-0.4, -0.2) is 23.0 Å². The minimum Gasteiger partial charge on any atom is -0.308 e. The number of hydrogen-bond acceptors (Lipinski definition) is 4. The maximum atomic E-state index is 6.20. The van der Waals surface area contributed by atoms with E-state index in [1.165, 1.54) is 0 Å². The fraction of sp³-hybridized carbons (Fsp3) is 0.438. The zero-order valence-corrected chi connectivity index (χ0v) is 14.3. The second kappa shape index (κ2) is 7.90. The topological polar surface area (TPSA) is 28.2 Å². The molecule has 21 heavy (non-hydrogen) atoms. The molecule has 1 N–H and O–H groups in total. The number of halogens is 1. The van der Waals surface area contributed by atoms with Gasteiger partial charge in [0, 0.05) is 36.1 Å². The van der Waals surface area contributed by atoms with Gasteiger partial charge < -0.3 is 5.32 Å². The van der Waals surface area contributed by atoms with Crippen LogP contribution >= 0.6 is 22.9 Å². The van der Waals surface area contributed by atoms with Gasteiger partial charge in [0.1, 0.15) is 5.01 Å². The summed E-state index contributed by atoms with van der Waals surface area (Å²) in [6.45, 7) is 6.80. The van der Waals surface area contributed by atoms with Crippen LogP contribution in [0, 0.1) is 0 Å². The molecule has 114 valence electrons. The lowest BCUT2D eigenvalue weighted by molar-refractivity contribution is 0.315. The van der Waals surface area contributed by atoms with Crippen molar-refractivity contribution in [3.63, 3.8) is 0 Å². The second-order valence-corrected chi connectivity index (χ2v) is 6.88. The molecule has 0 radical (unpaired) electrons. The zero-order valence-electron chi connectivity index (χ0n) is 12.8. The van der Waals surface area contributed by atoms with E-state index in [0.29, 0.717) is 6.04 Å². The normalized spacial score (nSPS) is 11.5. The van der Waals surface area contributed by atoms with E-state index >= 15 is 0 Å². The first-order valence-corrected chi connectivity index (χ1v) is 8.39. The summed E-state index contributed by atoms with van der Waals surface area (Å²) >= 11 is 7.91. The van der Waals surface area contributed by atoms with Crippen molar-refractivity contribution in [2.45, 2.75) is 39.5 Å². The Morgan fingerprint density at radius 2 is 2.05 bits per heavy atom. The van der Waals surface area contributed by atoms with E-state index in [9.17, 15) is 0 Å². The van der Waals surface area contributed by atoms with Crippen molar-refractivity contribution in [2.24, 2.45) is 0 Å². The fourth-order valence-corrected chi connectivity index (χ4v) is 2.98. The molecule has 2 rings (SSSR count). The number of nitrogens with one attached hydrogen (secondary N) is 1. The largest absolute Gasteiger partial charge is 0.308 e. The molecule has 1 heterocycles. The summed E-state index contributed by atoms with van der Waals surface area (Å²) < 4.78 is 0. The SMILES string of the molecule is CC(C)NCc1nc(CN(C)Cc2ccccc2Cl)cs1. The van der Waals surface area contributed by atoms with Crippen molar-refractivity contribution in [2.75, 3.05) is 7.05 Å². The molecule has 0 atom stereocenters. The molecule has 0 aliphatic rings. The molecule has 0 bridgehead atoms. The van der Waals surface area contributed by atoms with Crippen LogP contribution in [0.25, 0.3) is 0 Å². The van der Waals surface area contributed by atoms with Gasteiger partial charge in [0.2, 0.25) is 0 Å². The Morgan fingerprint density at radius 1 is 1.29 bits per heavy atom. The van der Waals surface area contributed by atoms with E-state index < -0.39 is 0 Å². The number of nitrogens with zero attached hydrogens (tertiary/aromatic N) is 2. The highest BCUT2D eigenvalue weighted by Gasteiger charge is 2.08. The summed E-state index contributed by atoms with van der Waals surface area (Å²) in [5, 5.41) is 7.50. The molecule has 0 saturated carbocycles. The van der Waals surface area contributed by atoms with Crippen LogP contribution in [-0.2, 0) is 19.6 Å². The molecule has 0 unspecified atom stereocenters. The van der Waals surface area contributed by atoms with Crippen LogP contribution in [0.4, 0.5) is 0 Å². The molecular weight excluding hydrogens is 302 g/mol. The van der Waals surface area contributed by atoms with E-state index in [-0.39, 0.29) is 0 Å². The Kier molecular flexibility index (Phi) is 6.18. The van der Waals surface area contributed by atoms with Crippen molar-refractivity contribution in [1.29, 1.82) is 0 Å². The maximum absolute atomic E-state index is 6.20. The molecule has 0 aliphatic carbocycles. The van der Waals surface area contributed by atoms with E-state index in [1.54, 1.807) is 11.3 Å². The van der Waals surface area contributed by atoms with Gasteiger partial charge in [0.05, 0.1) is 5.69 Å². The van der Waals surface area contributed by atoms with Crippen LogP contribution in [0.5, 0.6) is 0 Å². The first-order valence-electron chi connectivity index (χ1n) is 7.13. The zero-order chi connectivity index (χ0) is 15.2. The quantitative estimate of drug-likeness (QED) is 0.837. The Hall–Kier alpha value is -0.940. The predicted molar refractivity (Wildman–Crippen MR) is 90.7 cm³/mol. The lowest BCUT2D eigenvalue weighted by Crippen LogP contribution is -2.22. The van der Waals surface area contributed by atoms with E-state index in [2.05, 4.69) is 47.5 Å². The summed E-state index contributed by atoms with van der Waals surface area (Å²) in [6.07, 6.45) is 0. The highest BCUT2D eigenvalue weighted by Crippen LogP contribution is 2.18. The van der Waals surface area contributed by atoms with Crippen molar-refractivity contribution >= 4 is 22.9 Å². The average Bonchev–Trinajstić information content (AvgIpc) is 2.86. The lowest BCUT2D eigenvalue weighted by atomic mass is 10.2. The van der Waals surface area contributed by atoms with Crippen LogP contribution in [0.3, 0.4) is 0 Å². The van der Waals surface area contributed by atoms with Crippen molar-refractivity contribution in [1.82, 2.24) is 15.2 Å². The van der Waals surface area contributed by atoms with Crippen LogP contribution < -0.4 is 5.32 Å². The fourth-order valence-electron chi connectivity index (χ4n) is 2.04. The number of benzene rings is 1. The summed E-state index contributed by atoms with van der Waals surface area (Å²) in [7, 11) is 2.09. The first-order chi connectivity index (χ1) is 10.0. The van der Waals surface area contributed by atoms with E-state index in [1.807, 2.05) is 18.2 Å². The minimum atomic E-state index is 0.486. The highest BCUT2D eigenvalue weighted by molar-refractivity contribution is 7.09. The predicted octanol–water partition coefficient (Wildman–Crippen LogP) is 3.93. The minimum absolute atomic E-state index is 0.486. The molecule has 0 aliphatic heterocycles. The smallest absolute Gasteiger partial charge is 0.107 e. The first kappa shape index (κ1) is 16.4. The Balaban J connectivity index is 1.88. The monoisotopic (exact) mass is 323 g/mol. The third kappa shape index (κ3) is 5.40. The Bertz CT molecular complexity index is 568. The summed E-state index contributed by atoms with van der Waals surface area (Å²) in [5.74, 6) is 0. The van der Waals surface area contributed by atoms with Gasteiger partial charge in [-0.25, -0.2) is 4.98 Å². The van der Waals surface area contributed by atoms with Crippen molar-refractivity contribution in [3.05, 3.63) is 50.9 Å². The van der Waals surface area contributed by atoms with Crippen LogP contribution in [0.1, 0.15) is 30.1 Å². The maximum Gasteiger partial charge on any atom is 0.107 e. The third-order valence-electron chi connectivity index (χ3n) is 3.09. The number of rotatable bonds is 7. The van der Waals surface area contributed by atoms with Crippen molar-refractivity contribution < 1.29 is 0 Å². The Labute approximate surface area is 136 Å². The number of thiazole rings is 1. The molecule has 1 aromatic carbocycles. The van der Waals surface area contributed by atoms with Crippen molar-refractivity contribution in [3.8, 4) is 0 Å². The standard InChI is InChI=1S/C16H22ClN3S/c1-12(2)18-8-16-19-14(11-21-16)10-20(3)9-13-6-4-5-7-15(13)17/h4-7,11-12,18H,8-10H2,1-3H3. The van der Waals surface area contributed by atoms with Gasteiger partial charge in [-0.2, -0.15) is 0 Å². The molecule has 0 amide bonds. The average molecular weight is 324 g/mol. The molecule has 0 saturated heterocycles. The van der Waals surface area contributed by atoms with Gasteiger partial charge in [-0.05, 0) is 18.7 Å². The summed E-state index contributed by atoms with van der Waals surface area (Å²) in [5.41, 5.74) is 2.27. The second-order valence-electron chi connectivity index (χ2n) is 5.53. The third-order valence-corrected chi connectivity index (χ3v) is 4.36. The molecular formula is C16H22ClN3S. The van der Waals surface area contributed by atoms with E-state index in [0.717, 1.165) is 40.9 Å². The molecule has 2 aromatic rings. The summed E-state index contributed by atoms with van der Waals surface area (Å²) in [4.78, 5) is 6.90. The van der Waals surface area contributed by atoms with Gasteiger partial charge in [-0.1, -0.05) is 43.6 Å². The Morgan fingerprint density at radius 3 is 2.76 bits per heavy atom. The highest BCUT2D eigenvalue weighted by atomic mass is 35.5. The van der Waals surface area contributed by atoms with E-state index in [4.69, 9.17) is 11.6 Å². The van der Waals surface area contributed by atoms with Crippen LogP contribution in [0.2, 0.25) is 5.02 Å².